The number of hydrogen-bond donors (Lipinski definition) is 4. The van der Waals surface area contributed by atoms with Crippen LogP contribution in [0.4, 0.5) is 0 Å². The number of hydrogen-bond acceptors (Lipinski definition) is 5. The molecule has 128 valence electrons. The molecular formula is C18H20O5S. The Labute approximate surface area is 143 Å². The van der Waals surface area contributed by atoms with Crippen molar-refractivity contribution in [2.24, 2.45) is 0 Å². The van der Waals surface area contributed by atoms with E-state index in [4.69, 9.17) is 5.11 Å². The summed E-state index contributed by atoms with van der Waals surface area (Å²) in [5.74, 6) is -1.41. The summed E-state index contributed by atoms with van der Waals surface area (Å²) in [5.41, 5.74) is -0.503. The highest BCUT2D eigenvalue weighted by atomic mass is 32.1. The van der Waals surface area contributed by atoms with Crippen LogP contribution in [0.25, 0.3) is 10.1 Å². The van der Waals surface area contributed by atoms with Crippen LogP contribution >= 0.6 is 11.3 Å². The molecule has 2 aromatic rings. The maximum Gasteiger partial charge on any atom is 0.339 e. The first-order valence-corrected chi connectivity index (χ1v) is 8.77. The number of carboxylic acid groups (broad SMARTS) is 1. The highest BCUT2D eigenvalue weighted by molar-refractivity contribution is 7.17. The maximum atomic E-state index is 11.2. The van der Waals surface area contributed by atoms with Crippen molar-refractivity contribution in [2.45, 2.75) is 43.5 Å². The molecule has 3 rings (SSSR count). The molecule has 1 heterocycles. The molecule has 0 amide bonds. The number of carbonyl (C=O) groups is 1. The van der Waals surface area contributed by atoms with Gasteiger partial charge in [0.15, 0.2) is 5.60 Å². The molecule has 6 heteroatoms. The maximum absolute atomic E-state index is 11.2. The van der Waals surface area contributed by atoms with Crippen LogP contribution < -0.4 is 0 Å². The Kier molecular flexibility index (Phi) is 4.73. The van der Waals surface area contributed by atoms with Crippen molar-refractivity contribution in [3.8, 4) is 0 Å². The van der Waals surface area contributed by atoms with Crippen LogP contribution in [0, 0.1) is 0 Å². The number of aliphatic carboxylic acids is 1. The molecule has 0 radical (unpaired) electrons. The summed E-state index contributed by atoms with van der Waals surface area (Å²) in [7, 11) is 0. The fourth-order valence-corrected chi connectivity index (χ4v) is 4.20. The third kappa shape index (κ3) is 3.23. The molecule has 1 aromatic carbocycles. The first-order valence-electron chi connectivity index (χ1n) is 7.89. The van der Waals surface area contributed by atoms with Gasteiger partial charge in [0.2, 0.25) is 0 Å². The van der Waals surface area contributed by atoms with Gasteiger partial charge in [-0.05, 0) is 53.3 Å². The number of fused-ring (bicyclic) bond motifs is 1. The van der Waals surface area contributed by atoms with Gasteiger partial charge in [0.05, 0.1) is 6.10 Å². The van der Waals surface area contributed by atoms with Crippen molar-refractivity contribution in [1.29, 1.82) is 0 Å². The van der Waals surface area contributed by atoms with Crippen LogP contribution in [0.15, 0.2) is 41.3 Å². The fraction of sp³-hybridized carbons (Fsp3) is 0.389. The predicted molar refractivity (Wildman–Crippen MR) is 92.1 cm³/mol. The van der Waals surface area contributed by atoms with E-state index in [0.717, 1.165) is 6.42 Å². The number of aliphatic hydroxyl groups excluding tert-OH is 2. The largest absolute Gasteiger partial charge is 0.479 e. The summed E-state index contributed by atoms with van der Waals surface area (Å²) in [5, 5.41) is 42.4. The highest BCUT2D eigenvalue weighted by Crippen LogP contribution is 2.32. The first kappa shape index (κ1) is 17.1. The second-order valence-corrected chi connectivity index (χ2v) is 7.19. The van der Waals surface area contributed by atoms with E-state index in [0.29, 0.717) is 18.4 Å². The number of carboxylic acids is 1. The van der Waals surface area contributed by atoms with Gasteiger partial charge in [-0.2, -0.15) is 0 Å². The molecular weight excluding hydrogens is 328 g/mol. The third-order valence-corrected chi connectivity index (χ3v) is 5.54. The second kappa shape index (κ2) is 6.64. The molecule has 1 aromatic heterocycles. The second-order valence-electron chi connectivity index (χ2n) is 6.28. The number of aliphatic hydroxyl groups is 3. The summed E-state index contributed by atoms with van der Waals surface area (Å²) in [4.78, 5) is 11.2. The van der Waals surface area contributed by atoms with Crippen LogP contribution in [0.3, 0.4) is 0 Å². The summed E-state index contributed by atoms with van der Waals surface area (Å²) in [6.07, 6.45) is 0.317. The van der Waals surface area contributed by atoms with E-state index in [1.54, 1.807) is 11.3 Å². The quantitative estimate of drug-likeness (QED) is 0.620. The first-order chi connectivity index (χ1) is 11.4. The van der Waals surface area contributed by atoms with Gasteiger partial charge < -0.3 is 20.4 Å². The zero-order chi connectivity index (χ0) is 17.3. The van der Waals surface area contributed by atoms with E-state index in [-0.39, 0.29) is 0 Å². The molecule has 1 aliphatic carbocycles. The number of rotatable bonds is 5. The minimum absolute atomic E-state index is 0.387. The lowest BCUT2D eigenvalue weighted by Gasteiger charge is -2.33. The Morgan fingerprint density at radius 2 is 2.00 bits per heavy atom. The lowest BCUT2D eigenvalue weighted by molar-refractivity contribution is -0.158. The average Bonchev–Trinajstić information content (AvgIpc) is 2.95. The summed E-state index contributed by atoms with van der Waals surface area (Å²) < 4.78 is 1.22. The van der Waals surface area contributed by atoms with Gasteiger partial charge >= 0.3 is 5.97 Å². The Balaban J connectivity index is 1.71. The zero-order valence-corrected chi connectivity index (χ0v) is 13.9. The van der Waals surface area contributed by atoms with Crippen LogP contribution in [0.2, 0.25) is 0 Å². The van der Waals surface area contributed by atoms with Crippen molar-refractivity contribution in [1.82, 2.24) is 0 Å². The molecule has 5 nitrogen and oxygen atoms in total. The van der Waals surface area contributed by atoms with E-state index in [2.05, 4.69) is 17.5 Å². The van der Waals surface area contributed by atoms with E-state index < -0.39 is 30.2 Å². The topological polar surface area (TPSA) is 98.0 Å². The van der Waals surface area contributed by atoms with Crippen molar-refractivity contribution >= 4 is 27.4 Å². The molecule has 4 N–H and O–H groups in total. The third-order valence-electron chi connectivity index (χ3n) is 4.53. The van der Waals surface area contributed by atoms with Crippen molar-refractivity contribution in [2.75, 3.05) is 0 Å². The Hall–Kier alpha value is -1.73. The van der Waals surface area contributed by atoms with Crippen molar-refractivity contribution in [3.63, 3.8) is 0 Å². The Morgan fingerprint density at radius 3 is 2.75 bits per heavy atom. The van der Waals surface area contributed by atoms with Gasteiger partial charge in [0, 0.05) is 11.1 Å². The molecule has 0 bridgehead atoms. The standard InChI is InChI=1S/C18H20O5S/c19-14-9-18(23,17(21)22)8-11(16(14)20)4-3-5-12-10-24-15-7-2-1-6-13(12)15/h1-2,6-8,10,14,16,19-20,23H,3-5,9H2,(H,21,22)/t14-,16-,18+/m1/s1. The summed E-state index contributed by atoms with van der Waals surface area (Å²) in [6.45, 7) is 0. The van der Waals surface area contributed by atoms with Crippen LogP contribution in [0.5, 0.6) is 0 Å². The Bertz CT molecular complexity index is 781. The SMILES string of the molecule is O=C(O)[C@]1(O)C=C(CCCc2csc3ccccc23)[C@@H](O)[C@H](O)C1. The van der Waals surface area contributed by atoms with E-state index in [1.165, 1.54) is 21.7 Å². The normalized spacial score (nSPS) is 27.2. The van der Waals surface area contributed by atoms with Gasteiger partial charge in [-0.3, -0.25) is 0 Å². The average molecular weight is 348 g/mol. The van der Waals surface area contributed by atoms with Crippen LogP contribution in [-0.2, 0) is 11.2 Å². The van der Waals surface area contributed by atoms with Crippen molar-refractivity contribution < 1.29 is 25.2 Å². The van der Waals surface area contributed by atoms with E-state index in [1.807, 2.05) is 12.1 Å². The van der Waals surface area contributed by atoms with E-state index >= 15 is 0 Å². The van der Waals surface area contributed by atoms with Gasteiger partial charge in [-0.1, -0.05) is 18.2 Å². The van der Waals surface area contributed by atoms with Gasteiger partial charge in [-0.25, -0.2) is 4.79 Å². The molecule has 0 saturated carbocycles. The molecule has 1 aliphatic rings. The van der Waals surface area contributed by atoms with E-state index in [9.17, 15) is 20.1 Å². The van der Waals surface area contributed by atoms with Crippen LogP contribution in [0.1, 0.15) is 24.8 Å². The van der Waals surface area contributed by atoms with Crippen molar-refractivity contribution in [3.05, 3.63) is 46.9 Å². The van der Waals surface area contributed by atoms with Gasteiger partial charge in [-0.15, -0.1) is 11.3 Å². The van der Waals surface area contributed by atoms with Crippen LogP contribution in [-0.4, -0.2) is 44.2 Å². The molecule has 0 saturated heterocycles. The minimum Gasteiger partial charge on any atom is -0.479 e. The minimum atomic E-state index is -2.11. The zero-order valence-electron chi connectivity index (χ0n) is 13.1. The highest BCUT2D eigenvalue weighted by Gasteiger charge is 2.43. The number of aryl methyl sites for hydroxylation is 1. The molecule has 3 atom stereocenters. The molecule has 0 aliphatic heterocycles. The molecule has 0 spiro atoms. The molecule has 0 fully saturated rings. The smallest absolute Gasteiger partial charge is 0.339 e. The Morgan fingerprint density at radius 1 is 1.25 bits per heavy atom. The summed E-state index contributed by atoms with van der Waals surface area (Å²) >= 11 is 1.68. The van der Waals surface area contributed by atoms with Gasteiger partial charge in [0.1, 0.15) is 6.10 Å². The fourth-order valence-electron chi connectivity index (χ4n) is 3.21. The lowest BCUT2D eigenvalue weighted by atomic mass is 9.81. The number of thiophene rings is 1. The lowest BCUT2D eigenvalue weighted by Crippen LogP contribution is -2.48. The van der Waals surface area contributed by atoms with Gasteiger partial charge in [0.25, 0.3) is 0 Å². The predicted octanol–water partition coefficient (Wildman–Crippen LogP) is 2.09. The molecule has 24 heavy (non-hydrogen) atoms. The summed E-state index contributed by atoms with van der Waals surface area (Å²) in [6, 6.07) is 8.14. The monoisotopic (exact) mass is 348 g/mol. The molecule has 0 unspecified atom stereocenters. The number of benzene rings is 1.